The third kappa shape index (κ3) is 2.59. The molecule has 0 radical (unpaired) electrons. The molecule has 6 heteroatoms. The van der Waals surface area contributed by atoms with Gasteiger partial charge in [-0.15, -0.1) is 0 Å². The normalized spacial score (nSPS) is 10.2. The maximum absolute atomic E-state index is 12.2. The number of rotatable bonds is 3. The number of hydrogen-bond donors (Lipinski definition) is 0. The maximum atomic E-state index is 12.2. The van der Waals surface area contributed by atoms with Crippen LogP contribution in [-0.4, -0.2) is 10.7 Å². The molecule has 0 bridgehead atoms. The quantitative estimate of drug-likeness (QED) is 0.486. The number of halogens is 2. The molecule has 0 aliphatic heterocycles. The third-order valence-electron chi connectivity index (χ3n) is 2.53. The molecule has 2 rings (SSSR count). The van der Waals surface area contributed by atoms with Crippen LogP contribution in [0.1, 0.15) is 15.9 Å². The molecule has 4 nitrogen and oxygen atoms in total. The van der Waals surface area contributed by atoms with Crippen molar-refractivity contribution >= 4 is 34.7 Å². The number of hydrogen-bond acceptors (Lipinski definition) is 3. The van der Waals surface area contributed by atoms with Gasteiger partial charge in [-0.2, -0.15) is 0 Å². The smallest absolute Gasteiger partial charge is 0.289 e. The van der Waals surface area contributed by atoms with E-state index in [4.69, 9.17) is 23.2 Å². The highest BCUT2D eigenvalue weighted by atomic mass is 35.5. The molecule has 0 heterocycles. The molecule has 0 saturated heterocycles. The van der Waals surface area contributed by atoms with Gasteiger partial charge in [0.15, 0.2) is 5.78 Å². The van der Waals surface area contributed by atoms with Crippen LogP contribution >= 0.6 is 23.2 Å². The first-order valence-corrected chi connectivity index (χ1v) is 6.00. The van der Waals surface area contributed by atoms with Gasteiger partial charge in [-0.05, 0) is 12.1 Å². The van der Waals surface area contributed by atoms with Gasteiger partial charge in [0.05, 0.1) is 4.92 Å². The molecule has 2 aromatic rings. The van der Waals surface area contributed by atoms with Crippen molar-refractivity contribution in [1.29, 1.82) is 0 Å². The van der Waals surface area contributed by atoms with Crippen LogP contribution < -0.4 is 0 Å². The number of benzene rings is 2. The lowest BCUT2D eigenvalue weighted by Crippen LogP contribution is -2.04. The van der Waals surface area contributed by atoms with Crippen molar-refractivity contribution in [1.82, 2.24) is 0 Å². The highest BCUT2D eigenvalue weighted by Crippen LogP contribution is 2.35. The zero-order valence-corrected chi connectivity index (χ0v) is 11.0. The Balaban J connectivity index is 2.56. The van der Waals surface area contributed by atoms with Crippen LogP contribution in [0.3, 0.4) is 0 Å². The summed E-state index contributed by atoms with van der Waals surface area (Å²) in [6.45, 7) is 0. The second-order valence-electron chi connectivity index (χ2n) is 3.71. The molecule has 0 N–H and O–H groups in total. The number of carbonyl (C=O) groups is 1. The number of nitrogens with zero attached hydrogens (tertiary/aromatic N) is 1. The molecule has 19 heavy (non-hydrogen) atoms. The van der Waals surface area contributed by atoms with Gasteiger partial charge in [0.1, 0.15) is 10.0 Å². The van der Waals surface area contributed by atoms with E-state index < -0.39 is 10.6 Å². The topological polar surface area (TPSA) is 60.2 Å². The van der Waals surface area contributed by atoms with Gasteiger partial charge < -0.3 is 0 Å². The predicted molar refractivity (Wildman–Crippen MR) is 73.0 cm³/mol. The first-order chi connectivity index (χ1) is 9.02. The molecule has 0 spiro atoms. The van der Waals surface area contributed by atoms with E-state index in [9.17, 15) is 14.9 Å². The van der Waals surface area contributed by atoms with Gasteiger partial charge in [0, 0.05) is 11.1 Å². The van der Waals surface area contributed by atoms with Gasteiger partial charge in [-0.25, -0.2) is 0 Å². The molecule has 0 unspecified atom stereocenters. The molecule has 0 saturated carbocycles. The summed E-state index contributed by atoms with van der Waals surface area (Å²) in [5, 5.41) is 10.5. The van der Waals surface area contributed by atoms with Crippen LogP contribution in [-0.2, 0) is 0 Å². The fourth-order valence-corrected chi connectivity index (χ4v) is 2.22. The maximum Gasteiger partial charge on any atom is 0.307 e. The van der Waals surface area contributed by atoms with E-state index >= 15 is 0 Å². The van der Waals surface area contributed by atoms with Crippen LogP contribution in [0.5, 0.6) is 0 Å². The monoisotopic (exact) mass is 295 g/mol. The Morgan fingerprint density at radius 1 is 1.05 bits per heavy atom. The Labute approximate surface area is 118 Å². The van der Waals surface area contributed by atoms with Crippen molar-refractivity contribution < 1.29 is 9.72 Å². The van der Waals surface area contributed by atoms with Crippen molar-refractivity contribution in [2.75, 3.05) is 0 Å². The minimum absolute atomic E-state index is 0.0592. The van der Waals surface area contributed by atoms with E-state index in [1.54, 1.807) is 30.3 Å². The van der Waals surface area contributed by atoms with E-state index in [0.29, 0.717) is 5.56 Å². The lowest BCUT2D eigenvalue weighted by Gasteiger charge is -2.05. The molecule has 0 aliphatic carbocycles. The molecule has 2 aromatic carbocycles. The fraction of sp³-hybridized carbons (Fsp3) is 0. The molecule has 0 atom stereocenters. The molecule has 96 valence electrons. The van der Waals surface area contributed by atoms with Crippen molar-refractivity contribution in [3.05, 3.63) is 73.8 Å². The summed E-state index contributed by atoms with van der Waals surface area (Å²) in [5.74, 6) is -0.384. The van der Waals surface area contributed by atoms with Crippen LogP contribution in [0.15, 0.2) is 42.5 Å². The second-order valence-corrected chi connectivity index (χ2v) is 4.49. The summed E-state index contributed by atoms with van der Waals surface area (Å²) in [5.41, 5.74) is 0.00935. The van der Waals surface area contributed by atoms with E-state index in [1.807, 2.05) is 0 Å². The van der Waals surface area contributed by atoms with Crippen LogP contribution in [0, 0.1) is 10.1 Å². The zero-order valence-electron chi connectivity index (χ0n) is 9.47. The predicted octanol–water partition coefficient (Wildman–Crippen LogP) is 4.13. The Hall–Kier alpha value is -1.91. The number of ketones is 1. The van der Waals surface area contributed by atoms with Gasteiger partial charge >= 0.3 is 5.69 Å². The van der Waals surface area contributed by atoms with E-state index in [-0.39, 0.29) is 21.4 Å². The van der Waals surface area contributed by atoms with Gasteiger partial charge in [-0.3, -0.25) is 14.9 Å². The van der Waals surface area contributed by atoms with Gasteiger partial charge in [0.25, 0.3) is 0 Å². The average Bonchev–Trinajstić information content (AvgIpc) is 2.39. The average molecular weight is 296 g/mol. The Bertz CT molecular complexity index is 656. The van der Waals surface area contributed by atoms with Gasteiger partial charge in [-0.1, -0.05) is 53.5 Å². The summed E-state index contributed by atoms with van der Waals surface area (Å²) < 4.78 is 0. The zero-order chi connectivity index (χ0) is 14.0. The van der Waals surface area contributed by atoms with E-state index in [1.165, 1.54) is 12.1 Å². The molecular formula is C13H7Cl2NO3. The fourth-order valence-electron chi connectivity index (χ4n) is 1.63. The van der Waals surface area contributed by atoms with Crippen LogP contribution in [0.2, 0.25) is 10.0 Å². The Kier molecular flexibility index (Phi) is 3.83. The summed E-state index contributed by atoms with van der Waals surface area (Å²) in [7, 11) is 0. The van der Waals surface area contributed by atoms with Gasteiger partial charge in [0.2, 0.25) is 0 Å². The molecule has 0 aliphatic rings. The Morgan fingerprint density at radius 3 is 2.26 bits per heavy atom. The lowest BCUT2D eigenvalue weighted by atomic mass is 10.0. The van der Waals surface area contributed by atoms with E-state index in [2.05, 4.69) is 0 Å². The first-order valence-electron chi connectivity index (χ1n) is 5.24. The van der Waals surface area contributed by atoms with Crippen LogP contribution in [0.4, 0.5) is 5.69 Å². The summed E-state index contributed by atoms with van der Waals surface area (Å²) in [6, 6.07) is 11.1. The van der Waals surface area contributed by atoms with Crippen molar-refractivity contribution in [2.45, 2.75) is 0 Å². The second kappa shape index (κ2) is 5.38. The molecular weight excluding hydrogens is 289 g/mol. The standard InChI is InChI=1S/C13H7Cl2NO3/c14-10-7-6-9(11(15)12(10)16(18)19)13(17)8-4-2-1-3-5-8/h1-7H. The van der Waals surface area contributed by atoms with Crippen molar-refractivity contribution in [3.63, 3.8) is 0 Å². The summed E-state index contributed by atoms with van der Waals surface area (Å²) >= 11 is 11.6. The number of nitro benzene ring substituents is 1. The number of nitro groups is 1. The minimum Gasteiger partial charge on any atom is -0.289 e. The largest absolute Gasteiger partial charge is 0.307 e. The molecule has 0 aromatic heterocycles. The van der Waals surface area contributed by atoms with Crippen molar-refractivity contribution in [3.8, 4) is 0 Å². The molecule has 0 fully saturated rings. The molecule has 0 amide bonds. The van der Waals surface area contributed by atoms with E-state index in [0.717, 1.165) is 0 Å². The SMILES string of the molecule is O=C(c1ccccc1)c1ccc(Cl)c([N+](=O)[O-])c1Cl. The van der Waals surface area contributed by atoms with Crippen LogP contribution in [0.25, 0.3) is 0 Å². The highest BCUT2D eigenvalue weighted by Gasteiger charge is 2.24. The highest BCUT2D eigenvalue weighted by molar-refractivity contribution is 6.40. The Morgan fingerprint density at radius 2 is 1.68 bits per heavy atom. The lowest BCUT2D eigenvalue weighted by molar-refractivity contribution is -0.384. The van der Waals surface area contributed by atoms with Crippen molar-refractivity contribution in [2.24, 2.45) is 0 Å². The third-order valence-corrected chi connectivity index (χ3v) is 3.22. The summed E-state index contributed by atoms with van der Waals surface area (Å²) in [4.78, 5) is 22.4. The number of carbonyl (C=O) groups excluding carboxylic acids is 1. The summed E-state index contributed by atoms with van der Waals surface area (Å²) in [6.07, 6.45) is 0. The minimum atomic E-state index is -0.702. The first kappa shape index (κ1) is 13.5.